The Labute approximate surface area is 183 Å². The second-order valence-corrected chi connectivity index (χ2v) is 7.91. The fraction of sp³-hybridized carbons (Fsp3) is 0.227. The van der Waals surface area contributed by atoms with Gasteiger partial charge in [0, 0.05) is 24.4 Å². The number of nitrogens with zero attached hydrogens (tertiary/aromatic N) is 2. The predicted molar refractivity (Wildman–Crippen MR) is 116 cm³/mol. The van der Waals surface area contributed by atoms with Gasteiger partial charge in [-0.2, -0.15) is 0 Å². The highest BCUT2D eigenvalue weighted by molar-refractivity contribution is 6.36. The first-order chi connectivity index (χ1) is 14.4. The van der Waals surface area contributed by atoms with Gasteiger partial charge >= 0.3 is 0 Å². The molecule has 2 aromatic carbocycles. The third-order valence-electron chi connectivity index (χ3n) is 5.07. The largest absolute Gasteiger partial charge is 0.497 e. The molecule has 1 amide bonds. The number of methoxy groups -OCH3 is 1. The van der Waals surface area contributed by atoms with E-state index < -0.39 is 0 Å². The summed E-state index contributed by atoms with van der Waals surface area (Å²) in [6, 6.07) is 12.4. The van der Waals surface area contributed by atoms with Crippen LogP contribution in [0.2, 0.25) is 10.0 Å². The Morgan fingerprint density at radius 3 is 2.83 bits per heavy atom. The van der Waals surface area contributed by atoms with Gasteiger partial charge in [0.2, 0.25) is 0 Å². The van der Waals surface area contributed by atoms with Crippen molar-refractivity contribution < 1.29 is 9.53 Å². The van der Waals surface area contributed by atoms with Crippen LogP contribution in [0.25, 0.3) is 0 Å². The summed E-state index contributed by atoms with van der Waals surface area (Å²) in [5.74, 6) is 1.11. The molecule has 0 unspecified atom stereocenters. The van der Waals surface area contributed by atoms with Gasteiger partial charge in [0.05, 0.1) is 35.5 Å². The number of nitrogens with one attached hydrogen (secondary N) is 1. The van der Waals surface area contributed by atoms with Crippen LogP contribution >= 0.6 is 23.2 Å². The number of ether oxygens (including phenoxy) is 1. The standard InChI is InChI=1S/C22H19Cl2N3O3/c1-30-15-4-2-3-13(9-15)10-20-25-19-7-8-27(12-17(19)21(28)26-20)22(29)16-6-5-14(23)11-18(16)24/h2-6,9,11H,7-8,10,12H2,1H3,(H,25,26,28). The number of carbonyl (C=O) groups excluding carboxylic acids is 1. The summed E-state index contributed by atoms with van der Waals surface area (Å²) < 4.78 is 5.25. The fourth-order valence-corrected chi connectivity index (χ4v) is 4.03. The molecule has 0 fully saturated rings. The highest BCUT2D eigenvalue weighted by Crippen LogP contribution is 2.24. The molecule has 4 rings (SSSR count). The topological polar surface area (TPSA) is 75.3 Å². The first-order valence-corrected chi connectivity index (χ1v) is 10.2. The minimum absolute atomic E-state index is 0.189. The number of fused-ring (bicyclic) bond motifs is 1. The lowest BCUT2D eigenvalue weighted by atomic mass is 10.0. The molecule has 1 N–H and O–H groups in total. The van der Waals surface area contributed by atoms with E-state index in [0.29, 0.717) is 46.4 Å². The smallest absolute Gasteiger partial charge is 0.256 e. The second kappa shape index (κ2) is 8.50. The number of H-pyrrole nitrogens is 1. The summed E-state index contributed by atoms with van der Waals surface area (Å²) in [7, 11) is 1.61. The molecular weight excluding hydrogens is 425 g/mol. The van der Waals surface area contributed by atoms with E-state index in [1.54, 1.807) is 24.1 Å². The molecule has 0 saturated carbocycles. The number of hydrogen-bond donors (Lipinski definition) is 1. The maximum Gasteiger partial charge on any atom is 0.256 e. The number of amides is 1. The molecule has 8 heteroatoms. The van der Waals surface area contributed by atoms with Crippen molar-refractivity contribution in [1.29, 1.82) is 0 Å². The fourth-order valence-electron chi connectivity index (χ4n) is 3.54. The molecule has 3 aromatic rings. The summed E-state index contributed by atoms with van der Waals surface area (Å²) in [5, 5.41) is 0.753. The quantitative estimate of drug-likeness (QED) is 0.663. The molecule has 0 saturated heterocycles. The first kappa shape index (κ1) is 20.4. The van der Waals surface area contributed by atoms with Gasteiger partial charge in [0.15, 0.2) is 0 Å². The van der Waals surface area contributed by atoms with Crippen molar-refractivity contribution in [2.24, 2.45) is 0 Å². The molecule has 0 aliphatic carbocycles. The monoisotopic (exact) mass is 443 g/mol. The SMILES string of the molecule is COc1cccc(Cc2nc3c(c(=O)[nH]2)CN(C(=O)c2ccc(Cl)cc2Cl)CC3)c1. The van der Waals surface area contributed by atoms with Crippen molar-refractivity contribution in [2.75, 3.05) is 13.7 Å². The molecular formula is C22H19Cl2N3O3. The van der Waals surface area contributed by atoms with Crippen molar-refractivity contribution in [1.82, 2.24) is 14.9 Å². The average Bonchev–Trinajstić information content (AvgIpc) is 2.73. The van der Waals surface area contributed by atoms with E-state index in [1.807, 2.05) is 24.3 Å². The van der Waals surface area contributed by atoms with Crippen LogP contribution in [0, 0.1) is 0 Å². The second-order valence-electron chi connectivity index (χ2n) is 7.07. The Morgan fingerprint density at radius 2 is 2.07 bits per heavy atom. The minimum atomic E-state index is -0.234. The van der Waals surface area contributed by atoms with Crippen molar-refractivity contribution >= 4 is 29.1 Å². The summed E-state index contributed by atoms with van der Waals surface area (Å²) in [6.07, 6.45) is 0.990. The van der Waals surface area contributed by atoms with Crippen molar-refractivity contribution in [2.45, 2.75) is 19.4 Å². The van der Waals surface area contributed by atoms with Gasteiger partial charge in [0.1, 0.15) is 11.6 Å². The van der Waals surface area contributed by atoms with Crippen LogP contribution in [0.4, 0.5) is 0 Å². The van der Waals surface area contributed by atoms with Crippen molar-refractivity contribution in [3.8, 4) is 5.75 Å². The lowest BCUT2D eigenvalue weighted by molar-refractivity contribution is 0.0732. The third kappa shape index (κ3) is 4.20. The highest BCUT2D eigenvalue weighted by atomic mass is 35.5. The van der Waals surface area contributed by atoms with Crippen LogP contribution in [0.1, 0.15) is 33.0 Å². The molecule has 30 heavy (non-hydrogen) atoms. The number of aromatic amines is 1. The molecule has 1 aliphatic heterocycles. The molecule has 1 aromatic heterocycles. The average molecular weight is 444 g/mol. The molecule has 0 atom stereocenters. The maximum atomic E-state index is 12.9. The van der Waals surface area contributed by atoms with Crippen LogP contribution in [-0.2, 0) is 19.4 Å². The molecule has 154 valence electrons. The lowest BCUT2D eigenvalue weighted by Crippen LogP contribution is -2.40. The van der Waals surface area contributed by atoms with Crippen molar-refractivity contribution in [3.05, 3.63) is 91.1 Å². The van der Waals surface area contributed by atoms with Crippen LogP contribution < -0.4 is 10.3 Å². The van der Waals surface area contributed by atoms with E-state index in [2.05, 4.69) is 9.97 Å². The van der Waals surface area contributed by atoms with Crippen molar-refractivity contribution in [3.63, 3.8) is 0 Å². The molecule has 2 heterocycles. The molecule has 1 aliphatic rings. The molecule has 0 radical (unpaired) electrons. The Bertz CT molecular complexity index is 1180. The Hall–Kier alpha value is -2.83. The van der Waals surface area contributed by atoms with Gasteiger partial charge in [0.25, 0.3) is 11.5 Å². The summed E-state index contributed by atoms with van der Waals surface area (Å²) >= 11 is 12.1. The number of aromatic nitrogens is 2. The number of rotatable bonds is 4. The van der Waals surface area contributed by atoms with Gasteiger partial charge < -0.3 is 14.6 Å². The zero-order chi connectivity index (χ0) is 21.3. The summed E-state index contributed by atoms with van der Waals surface area (Å²) in [5.41, 5.74) is 2.36. The zero-order valence-electron chi connectivity index (χ0n) is 16.2. The minimum Gasteiger partial charge on any atom is -0.497 e. The third-order valence-corrected chi connectivity index (χ3v) is 5.62. The van der Waals surface area contributed by atoms with E-state index in [0.717, 1.165) is 17.0 Å². The molecule has 6 nitrogen and oxygen atoms in total. The van der Waals surface area contributed by atoms with Crippen LogP contribution in [0.3, 0.4) is 0 Å². The van der Waals surface area contributed by atoms with Gasteiger partial charge in [-0.1, -0.05) is 35.3 Å². The normalized spacial score (nSPS) is 13.1. The predicted octanol–water partition coefficient (Wildman–Crippen LogP) is 3.87. The number of benzene rings is 2. The number of hydrogen-bond acceptors (Lipinski definition) is 4. The Balaban J connectivity index is 1.56. The first-order valence-electron chi connectivity index (χ1n) is 9.43. The van der Waals surface area contributed by atoms with Crippen LogP contribution in [-0.4, -0.2) is 34.4 Å². The molecule has 0 spiro atoms. The maximum absolute atomic E-state index is 12.9. The summed E-state index contributed by atoms with van der Waals surface area (Å²) in [6.45, 7) is 0.648. The Kier molecular flexibility index (Phi) is 5.79. The lowest BCUT2D eigenvalue weighted by Gasteiger charge is -2.28. The highest BCUT2D eigenvalue weighted by Gasteiger charge is 2.26. The summed E-state index contributed by atoms with van der Waals surface area (Å²) in [4.78, 5) is 34.7. The van der Waals surface area contributed by atoms with Crippen LogP contribution in [0.5, 0.6) is 5.75 Å². The van der Waals surface area contributed by atoms with E-state index in [9.17, 15) is 9.59 Å². The van der Waals surface area contributed by atoms with E-state index in [4.69, 9.17) is 27.9 Å². The number of halogens is 2. The van der Waals surface area contributed by atoms with Gasteiger partial charge in [-0.15, -0.1) is 0 Å². The molecule has 0 bridgehead atoms. The van der Waals surface area contributed by atoms with Gasteiger partial charge in [-0.25, -0.2) is 4.98 Å². The van der Waals surface area contributed by atoms with E-state index in [1.165, 1.54) is 6.07 Å². The zero-order valence-corrected chi connectivity index (χ0v) is 17.8. The van der Waals surface area contributed by atoms with Gasteiger partial charge in [-0.05, 0) is 35.9 Å². The number of carbonyl (C=O) groups is 1. The van der Waals surface area contributed by atoms with E-state index >= 15 is 0 Å². The van der Waals surface area contributed by atoms with Crippen LogP contribution in [0.15, 0.2) is 47.3 Å². The Morgan fingerprint density at radius 1 is 1.23 bits per heavy atom. The van der Waals surface area contributed by atoms with Gasteiger partial charge in [-0.3, -0.25) is 9.59 Å². The van der Waals surface area contributed by atoms with E-state index in [-0.39, 0.29) is 18.0 Å².